The summed E-state index contributed by atoms with van der Waals surface area (Å²) in [7, 11) is 1.12. The van der Waals surface area contributed by atoms with E-state index in [-0.39, 0.29) is 10.5 Å². The van der Waals surface area contributed by atoms with Crippen molar-refractivity contribution >= 4 is 18.6 Å². The maximum Gasteiger partial charge on any atom is 0.573 e. The second kappa shape index (κ2) is 4.65. The average molecular weight is 252 g/mol. The van der Waals surface area contributed by atoms with Gasteiger partial charge in [-0.1, -0.05) is 0 Å². The number of benzene rings is 1. The Hall–Kier alpha value is -1.37. The van der Waals surface area contributed by atoms with Crippen molar-refractivity contribution in [2.24, 2.45) is 0 Å². The van der Waals surface area contributed by atoms with E-state index in [1.807, 2.05) is 0 Å². The van der Waals surface area contributed by atoms with Crippen LogP contribution in [-0.4, -0.2) is 19.4 Å². The number of hydrogen-bond acceptors (Lipinski definition) is 4. The summed E-state index contributed by atoms with van der Waals surface area (Å²) in [5, 5.41) is 0. The Morgan fingerprint density at radius 1 is 1.31 bits per heavy atom. The van der Waals surface area contributed by atoms with E-state index in [4.69, 9.17) is 0 Å². The summed E-state index contributed by atoms with van der Waals surface area (Å²) < 4.78 is 43.8. The molecule has 0 fully saturated rings. The van der Waals surface area contributed by atoms with Crippen molar-refractivity contribution < 1.29 is 27.4 Å². The van der Waals surface area contributed by atoms with Gasteiger partial charge in [0.25, 0.3) is 0 Å². The van der Waals surface area contributed by atoms with Gasteiger partial charge in [-0.3, -0.25) is 0 Å². The van der Waals surface area contributed by atoms with E-state index < -0.39 is 18.1 Å². The molecule has 16 heavy (non-hydrogen) atoms. The van der Waals surface area contributed by atoms with Crippen molar-refractivity contribution in [3.8, 4) is 5.75 Å². The summed E-state index contributed by atoms with van der Waals surface area (Å²) >= 11 is 3.85. The standard InChI is InChI=1S/C9H7F3O3S/c1-14-8(13)5-2-6(4-7(16)3-5)15-9(10,11)12/h2-4,16H,1H3. The number of carbonyl (C=O) groups is 1. The van der Waals surface area contributed by atoms with E-state index in [1.165, 1.54) is 6.07 Å². The summed E-state index contributed by atoms with van der Waals surface area (Å²) in [5.74, 6) is -1.27. The van der Waals surface area contributed by atoms with Crippen LogP contribution < -0.4 is 4.74 Å². The van der Waals surface area contributed by atoms with Crippen LogP contribution in [-0.2, 0) is 4.74 Å². The smallest absolute Gasteiger partial charge is 0.465 e. The van der Waals surface area contributed by atoms with E-state index in [9.17, 15) is 18.0 Å². The molecule has 7 heteroatoms. The molecule has 0 N–H and O–H groups in total. The van der Waals surface area contributed by atoms with Crippen LogP contribution in [0.25, 0.3) is 0 Å². The van der Waals surface area contributed by atoms with Crippen molar-refractivity contribution in [1.29, 1.82) is 0 Å². The lowest BCUT2D eigenvalue weighted by Gasteiger charge is -2.10. The predicted molar refractivity (Wildman–Crippen MR) is 51.7 cm³/mol. The van der Waals surface area contributed by atoms with Crippen molar-refractivity contribution in [3.63, 3.8) is 0 Å². The highest BCUT2D eigenvalue weighted by Crippen LogP contribution is 2.26. The summed E-state index contributed by atoms with van der Waals surface area (Å²) in [6.45, 7) is 0. The highest BCUT2D eigenvalue weighted by atomic mass is 32.1. The number of halogens is 3. The summed E-state index contributed by atoms with van der Waals surface area (Å²) in [6, 6.07) is 3.25. The molecule has 0 aromatic heterocycles. The number of alkyl halides is 3. The Balaban J connectivity index is 3.03. The Labute approximate surface area is 94.6 Å². The molecule has 3 nitrogen and oxygen atoms in total. The number of rotatable bonds is 2. The van der Waals surface area contributed by atoms with E-state index in [1.54, 1.807) is 0 Å². The van der Waals surface area contributed by atoms with Crippen molar-refractivity contribution in [2.45, 2.75) is 11.3 Å². The first-order chi connectivity index (χ1) is 7.31. The zero-order valence-corrected chi connectivity index (χ0v) is 8.93. The van der Waals surface area contributed by atoms with E-state index in [0.29, 0.717) is 0 Å². The molecule has 0 aliphatic carbocycles. The zero-order valence-electron chi connectivity index (χ0n) is 8.04. The van der Waals surface area contributed by atoms with Gasteiger partial charge in [-0.2, -0.15) is 0 Å². The Morgan fingerprint density at radius 3 is 2.44 bits per heavy atom. The monoisotopic (exact) mass is 252 g/mol. The van der Waals surface area contributed by atoms with Crippen LogP contribution in [0.15, 0.2) is 23.1 Å². The van der Waals surface area contributed by atoms with Crippen molar-refractivity contribution in [3.05, 3.63) is 23.8 Å². The highest BCUT2D eigenvalue weighted by Gasteiger charge is 2.31. The fourth-order valence-corrected chi connectivity index (χ4v) is 1.28. The number of carbonyl (C=O) groups excluding carboxylic acids is 1. The molecule has 0 atom stereocenters. The van der Waals surface area contributed by atoms with Gasteiger partial charge in [-0.25, -0.2) is 4.79 Å². The molecule has 0 saturated carbocycles. The molecule has 0 aliphatic heterocycles. The van der Waals surface area contributed by atoms with E-state index in [2.05, 4.69) is 22.1 Å². The number of methoxy groups -OCH3 is 1. The van der Waals surface area contributed by atoms with Crippen LogP contribution in [0, 0.1) is 0 Å². The average Bonchev–Trinajstić information content (AvgIpc) is 2.12. The molecular formula is C9H7F3O3S. The van der Waals surface area contributed by atoms with Gasteiger partial charge in [0.05, 0.1) is 12.7 Å². The fraction of sp³-hybridized carbons (Fsp3) is 0.222. The van der Waals surface area contributed by atoms with Crippen LogP contribution in [0.1, 0.15) is 10.4 Å². The maximum absolute atomic E-state index is 11.9. The lowest BCUT2D eigenvalue weighted by atomic mass is 10.2. The number of esters is 1. The normalized spacial score (nSPS) is 11.1. The highest BCUT2D eigenvalue weighted by molar-refractivity contribution is 7.80. The maximum atomic E-state index is 11.9. The third-order valence-electron chi connectivity index (χ3n) is 1.55. The molecule has 0 heterocycles. The van der Waals surface area contributed by atoms with Crippen molar-refractivity contribution in [1.82, 2.24) is 0 Å². The Bertz CT molecular complexity index is 403. The molecule has 0 bridgehead atoms. The minimum absolute atomic E-state index is 0.0609. The molecule has 88 valence electrons. The second-order valence-electron chi connectivity index (χ2n) is 2.75. The zero-order chi connectivity index (χ0) is 12.3. The number of thiol groups is 1. The van der Waals surface area contributed by atoms with Gasteiger partial charge in [0, 0.05) is 4.90 Å². The summed E-state index contributed by atoms with van der Waals surface area (Å²) in [4.78, 5) is 11.3. The molecule has 1 aromatic carbocycles. The molecule has 0 unspecified atom stereocenters. The molecule has 0 saturated heterocycles. The van der Waals surface area contributed by atoms with Gasteiger partial charge in [0.15, 0.2) is 0 Å². The van der Waals surface area contributed by atoms with E-state index in [0.717, 1.165) is 19.2 Å². The minimum atomic E-state index is -4.81. The molecule has 1 rings (SSSR count). The third-order valence-corrected chi connectivity index (χ3v) is 1.80. The quantitative estimate of drug-likeness (QED) is 0.649. The third kappa shape index (κ3) is 3.65. The van der Waals surface area contributed by atoms with Gasteiger partial charge in [-0.05, 0) is 18.2 Å². The predicted octanol–water partition coefficient (Wildman–Crippen LogP) is 2.66. The largest absolute Gasteiger partial charge is 0.573 e. The summed E-state index contributed by atoms with van der Waals surface area (Å²) in [5.41, 5.74) is -0.0609. The molecule has 0 aliphatic rings. The van der Waals surface area contributed by atoms with Gasteiger partial charge in [-0.15, -0.1) is 25.8 Å². The molecular weight excluding hydrogens is 245 g/mol. The van der Waals surface area contributed by atoms with Crippen LogP contribution >= 0.6 is 12.6 Å². The van der Waals surface area contributed by atoms with Crippen molar-refractivity contribution in [2.75, 3.05) is 7.11 Å². The van der Waals surface area contributed by atoms with Gasteiger partial charge in [0.1, 0.15) is 5.75 Å². The molecule has 1 aromatic rings. The Morgan fingerprint density at radius 2 is 1.94 bits per heavy atom. The second-order valence-corrected chi connectivity index (χ2v) is 3.27. The fourth-order valence-electron chi connectivity index (χ4n) is 1.01. The van der Waals surface area contributed by atoms with Gasteiger partial charge in [0.2, 0.25) is 0 Å². The molecule has 0 radical (unpaired) electrons. The number of hydrogen-bond donors (Lipinski definition) is 1. The number of ether oxygens (including phenoxy) is 2. The first kappa shape index (κ1) is 12.7. The summed E-state index contributed by atoms with van der Waals surface area (Å²) in [6.07, 6.45) is -4.81. The van der Waals surface area contributed by atoms with Crippen LogP contribution in [0.2, 0.25) is 0 Å². The molecule has 0 amide bonds. The van der Waals surface area contributed by atoms with E-state index >= 15 is 0 Å². The van der Waals surface area contributed by atoms with Gasteiger partial charge >= 0.3 is 12.3 Å². The van der Waals surface area contributed by atoms with Crippen LogP contribution in [0.3, 0.4) is 0 Å². The lowest BCUT2D eigenvalue weighted by molar-refractivity contribution is -0.274. The first-order valence-corrected chi connectivity index (χ1v) is 4.44. The lowest BCUT2D eigenvalue weighted by Crippen LogP contribution is -2.17. The first-order valence-electron chi connectivity index (χ1n) is 4.00. The van der Waals surface area contributed by atoms with Crippen LogP contribution in [0.5, 0.6) is 5.75 Å². The minimum Gasteiger partial charge on any atom is -0.465 e. The van der Waals surface area contributed by atoms with Gasteiger partial charge < -0.3 is 9.47 Å². The Kier molecular flexibility index (Phi) is 3.69. The topological polar surface area (TPSA) is 35.5 Å². The molecule has 0 spiro atoms. The van der Waals surface area contributed by atoms with Crippen LogP contribution in [0.4, 0.5) is 13.2 Å². The SMILES string of the molecule is COC(=O)c1cc(S)cc(OC(F)(F)F)c1.